The average Bonchev–Trinajstić information content (AvgIpc) is 2.76. The molecule has 2 atom stereocenters. The van der Waals surface area contributed by atoms with E-state index < -0.39 is 22.0 Å². The van der Waals surface area contributed by atoms with Gasteiger partial charge in [-0.3, -0.25) is 13.9 Å². The minimum atomic E-state index is -3.75. The first-order chi connectivity index (χ1) is 16.4. The number of amides is 2. The maximum Gasteiger partial charge on any atom is 0.244 e. The second-order valence-corrected chi connectivity index (χ2v) is 11.2. The molecule has 8 heteroatoms. The first-order valence-corrected chi connectivity index (χ1v) is 13.9. The van der Waals surface area contributed by atoms with Gasteiger partial charge in [-0.2, -0.15) is 0 Å². The Morgan fingerprint density at radius 2 is 1.57 bits per heavy atom. The molecule has 0 radical (unpaired) electrons. The summed E-state index contributed by atoms with van der Waals surface area (Å²) in [7, 11) is -3.75. The summed E-state index contributed by atoms with van der Waals surface area (Å²) in [6, 6.07) is 12.4. The van der Waals surface area contributed by atoms with Crippen molar-refractivity contribution in [2.24, 2.45) is 0 Å². The zero-order chi connectivity index (χ0) is 26.3. The largest absolute Gasteiger partial charge is 0.352 e. The van der Waals surface area contributed by atoms with Gasteiger partial charge in [-0.25, -0.2) is 8.42 Å². The summed E-state index contributed by atoms with van der Waals surface area (Å²) in [5.41, 5.74) is 4.14. The Morgan fingerprint density at radius 3 is 2.09 bits per heavy atom. The Bertz CT molecular complexity index is 1130. The summed E-state index contributed by atoms with van der Waals surface area (Å²) < 4.78 is 26.6. The maximum absolute atomic E-state index is 13.8. The summed E-state index contributed by atoms with van der Waals surface area (Å²) in [4.78, 5) is 28.4. The SMILES string of the molecule is CC[C@H](C)NC(=O)[C@H](CC)N(Cc1ccccc1C)C(=O)CN(c1cc(C)cc(C)c1)S(C)(=O)=O. The fraction of sp³-hybridized carbons (Fsp3) is 0.481. The fourth-order valence-corrected chi connectivity index (χ4v) is 4.87. The topological polar surface area (TPSA) is 86.8 Å². The smallest absolute Gasteiger partial charge is 0.244 e. The number of benzene rings is 2. The van der Waals surface area contributed by atoms with Gasteiger partial charge >= 0.3 is 0 Å². The number of aryl methyl sites for hydroxylation is 3. The molecule has 0 aliphatic carbocycles. The first-order valence-electron chi connectivity index (χ1n) is 12.1. The molecule has 0 spiro atoms. The third-order valence-electron chi connectivity index (χ3n) is 6.16. The molecule has 0 aliphatic rings. The Balaban J connectivity index is 2.49. The molecule has 0 bridgehead atoms. The molecule has 7 nitrogen and oxygen atoms in total. The molecule has 35 heavy (non-hydrogen) atoms. The molecule has 192 valence electrons. The normalized spacial score (nSPS) is 13.1. The third-order valence-corrected chi connectivity index (χ3v) is 7.30. The van der Waals surface area contributed by atoms with E-state index >= 15 is 0 Å². The van der Waals surface area contributed by atoms with Crippen LogP contribution >= 0.6 is 0 Å². The van der Waals surface area contributed by atoms with Crippen molar-refractivity contribution in [3.05, 3.63) is 64.7 Å². The molecule has 0 fully saturated rings. The van der Waals surface area contributed by atoms with Crippen LogP contribution in [0.1, 0.15) is 55.9 Å². The van der Waals surface area contributed by atoms with Gasteiger partial charge in [0.1, 0.15) is 12.6 Å². The van der Waals surface area contributed by atoms with E-state index in [1.54, 1.807) is 12.1 Å². The summed E-state index contributed by atoms with van der Waals surface area (Å²) >= 11 is 0. The van der Waals surface area contributed by atoms with E-state index in [0.29, 0.717) is 12.1 Å². The molecule has 0 aliphatic heterocycles. The highest BCUT2D eigenvalue weighted by Gasteiger charge is 2.32. The number of nitrogens with zero attached hydrogens (tertiary/aromatic N) is 2. The van der Waals surface area contributed by atoms with Crippen molar-refractivity contribution in [2.45, 2.75) is 73.0 Å². The number of anilines is 1. The Morgan fingerprint density at radius 1 is 0.971 bits per heavy atom. The number of sulfonamides is 1. The molecule has 1 N–H and O–H groups in total. The average molecular weight is 502 g/mol. The molecule has 0 heterocycles. The van der Waals surface area contributed by atoms with Gasteiger partial charge in [-0.1, -0.05) is 44.2 Å². The van der Waals surface area contributed by atoms with Crippen LogP contribution in [0.5, 0.6) is 0 Å². The summed E-state index contributed by atoms with van der Waals surface area (Å²) in [6.07, 6.45) is 2.27. The highest BCUT2D eigenvalue weighted by molar-refractivity contribution is 7.92. The first kappa shape index (κ1) is 28.4. The van der Waals surface area contributed by atoms with Gasteiger partial charge in [-0.05, 0) is 74.9 Å². The lowest BCUT2D eigenvalue weighted by Crippen LogP contribution is -2.53. The van der Waals surface area contributed by atoms with Crippen LogP contribution in [0.25, 0.3) is 0 Å². The van der Waals surface area contributed by atoms with Gasteiger partial charge < -0.3 is 10.2 Å². The van der Waals surface area contributed by atoms with Gasteiger partial charge in [0.2, 0.25) is 21.8 Å². The standard InChI is InChI=1S/C27H39N3O4S/c1-8-22(6)28-27(32)25(9-2)29(17-23-13-11-10-12-21(23)5)26(31)18-30(35(7,33)34)24-15-19(3)14-20(4)16-24/h10-16,22,25H,8-9,17-18H2,1-7H3,(H,28,32)/t22-,25-/m0/s1. The zero-order valence-corrected chi connectivity index (χ0v) is 22.8. The van der Waals surface area contributed by atoms with Crippen LogP contribution in [-0.4, -0.2) is 50.0 Å². The highest BCUT2D eigenvalue weighted by Crippen LogP contribution is 2.23. The van der Waals surface area contributed by atoms with Gasteiger partial charge in [0, 0.05) is 12.6 Å². The van der Waals surface area contributed by atoms with E-state index in [0.717, 1.165) is 39.2 Å². The fourth-order valence-electron chi connectivity index (χ4n) is 4.04. The van der Waals surface area contributed by atoms with E-state index in [2.05, 4.69) is 5.32 Å². The summed E-state index contributed by atoms with van der Waals surface area (Å²) in [5, 5.41) is 2.98. The zero-order valence-electron chi connectivity index (χ0n) is 22.0. The second-order valence-electron chi connectivity index (χ2n) is 9.31. The molecule has 0 aromatic heterocycles. The van der Waals surface area contributed by atoms with Crippen molar-refractivity contribution in [1.29, 1.82) is 0 Å². The van der Waals surface area contributed by atoms with Crippen LogP contribution in [0.4, 0.5) is 5.69 Å². The van der Waals surface area contributed by atoms with Gasteiger partial charge in [-0.15, -0.1) is 0 Å². The molecule has 2 aromatic carbocycles. The van der Waals surface area contributed by atoms with E-state index in [1.165, 1.54) is 4.90 Å². The van der Waals surface area contributed by atoms with Crippen molar-refractivity contribution < 1.29 is 18.0 Å². The van der Waals surface area contributed by atoms with E-state index in [4.69, 9.17) is 0 Å². The predicted molar refractivity (Wildman–Crippen MR) is 142 cm³/mol. The Labute approximate surface area is 210 Å². The summed E-state index contributed by atoms with van der Waals surface area (Å²) in [5.74, 6) is -0.662. The lowest BCUT2D eigenvalue weighted by Gasteiger charge is -2.33. The minimum Gasteiger partial charge on any atom is -0.352 e. The van der Waals surface area contributed by atoms with Gasteiger partial charge in [0.05, 0.1) is 11.9 Å². The molecular formula is C27H39N3O4S. The van der Waals surface area contributed by atoms with Crippen LogP contribution in [0.2, 0.25) is 0 Å². The van der Waals surface area contributed by atoms with Crippen molar-refractivity contribution >= 4 is 27.5 Å². The third kappa shape index (κ3) is 7.82. The maximum atomic E-state index is 13.8. The number of hydrogen-bond acceptors (Lipinski definition) is 4. The molecule has 2 rings (SSSR count). The minimum absolute atomic E-state index is 0.0326. The van der Waals surface area contributed by atoms with Crippen molar-refractivity contribution in [1.82, 2.24) is 10.2 Å². The lowest BCUT2D eigenvalue weighted by molar-refractivity contribution is -0.140. The number of hydrogen-bond donors (Lipinski definition) is 1. The van der Waals surface area contributed by atoms with E-state index in [-0.39, 0.29) is 25.0 Å². The van der Waals surface area contributed by atoms with Gasteiger partial charge in [0.25, 0.3) is 0 Å². The highest BCUT2D eigenvalue weighted by atomic mass is 32.2. The lowest BCUT2D eigenvalue weighted by atomic mass is 10.1. The number of carbonyl (C=O) groups excluding carboxylic acids is 2. The number of rotatable bonds is 11. The van der Waals surface area contributed by atoms with Crippen molar-refractivity contribution in [3.63, 3.8) is 0 Å². The molecule has 0 unspecified atom stereocenters. The number of nitrogens with one attached hydrogen (secondary N) is 1. The monoisotopic (exact) mass is 501 g/mol. The van der Waals surface area contributed by atoms with Crippen LogP contribution < -0.4 is 9.62 Å². The second kappa shape index (κ2) is 12.2. The van der Waals surface area contributed by atoms with Crippen LogP contribution in [0, 0.1) is 20.8 Å². The van der Waals surface area contributed by atoms with Crippen LogP contribution in [0.15, 0.2) is 42.5 Å². The van der Waals surface area contributed by atoms with Crippen molar-refractivity contribution in [3.8, 4) is 0 Å². The van der Waals surface area contributed by atoms with Crippen molar-refractivity contribution in [2.75, 3.05) is 17.1 Å². The molecule has 2 aromatic rings. The van der Waals surface area contributed by atoms with Crippen LogP contribution in [0.3, 0.4) is 0 Å². The summed E-state index contributed by atoms with van der Waals surface area (Å²) in [6.45, 7) is 11.3. The van der Waals surface area contributed by atoms with E-state index in [9.17, 15) is 18.0 Å². The van der Waals surface area contributed by atoms with Crippen LogP contribution in [-0.2, 0) is 26.2 Å². The molecule has 0 saturated carbocycles. The number of carbonyl (C=O) groups is 2. The predicted octanol–water partition coefficient (Wildman–Crippen LogP) is 4.10. The Hall–Kier alpha value is -2.87. The molecular weight excluding hydrogens is 462 g/mol. The molecule has 0 saturated heterocycles. The quantitative estimate of drug-likeness (QED) is 0.502. The van der Waals surface area contributed by atoms with E-state index in [1.807, 2.05) is 71.9 Å². The van der Waals surface area contributed by atoms with Gasteiger partial charge in [0.15, 0.2) is 0 Å². The Kier molecular flexibility index (Phi) is 9.89. The molecule has 2 amide bonds.